The van der Waals surface area contributed by atoms with Crippen LogP contribution in [0.2, 0.25) is 5.02 Å². The van der Waals surface area contributed by atoms with Crippen LogP contribution in [-0.2, 0) is 15.4 Å². The Labute approximate surface area is 141 Å². The first-order valence-corrected chi connectivity index (χ1v) is 8.82. The van der Waals surface area contributed by atoms with Gasteiger partial charge in [-0.05, 0) is 35.2 Å². The van der Waals surface area contributed by atoms with E-state index in [-0.39, 0.29) is 21.9 Å². The van der Waals surface area contributed by atoms with Gasteiger partial charge in [0.25, 0.3) is 10.0 Å². The van der Waals surface area contributed by atoms with E-state index in [4.69, 9.17) is 16.3 Å². The molecule has 5 nitrogen and oxygen atoms in total. The maximum atomic E-state index is 12.7. The zero-order valence-electron chi connectivity index (χ0n) is 13.4. The van der Waals surface area contributed by atoms with Crippen molar-refractivity contribution in [2.75, 3.05) is 11.8 Å². The molecule has 0 bridgehead atoms. The second kappa shape index (κ2) is 6.37. The van der Waals surface area contributed by atoms with Gasteiger partial charge in [0.15, 0.2) is 0 Å². The topological polar surface area (TPSA) is 68.3 Å². The van der Waals surface area contributed by atoms with Crippen LogP contribution in [0.4, 0.5) is 5.82 Å². The quantitative estimate of drug-likeness (QED) is 0.905. The van der Waals surface area contributed by atoms with Crippen molar-refractivity contribution in [1.82, 2.24) is 4.98 Å². The van der Waals surface area contributed by atoms with E-state index in [9.17, 15) is 8.42 Å². The summed E-state index contributed by atoms with van der Waals surface area (Å²) in [6, 6.07) is 8.20. The number of sulfonamides is 1. The first-order valence-electron chi connectivity index (χ1n) is 6.96. The number of benzene rings is 1. The first kappa shape index (κ1) is 17.6. The van der Waals surface area contributed by atoms with E-state index in [0.29, 0.717) is 5.02 Å². The zero-order valence-corrected chi connectivity index (χ0v) is 15.0. The Morgan fingerprint density at radius 3 is 2.39 bits per heavy atom. The summed E-state index contributed by atoms with van der Waals surface area (Å²) in [6.07, 6.45) is 1.38. The van der Waals surface area contributed by atoms with Crippen molar-refractivity contribution in [2.24, 2.45) is 0 Å². The van der Waals surface area contributed by atoms with E-state index in [1.54, 1.807) is 18.2 Å². The Hall–Kier alpha value is -1.79. The number of nitrogens with one attached hydrogen (secondary N) is 1. The van der Waals surface area contributed by atoms with E-state index >= 15 is 0 Å². The molecule has 0 fully saturated rings. The van der Waals surface area contributed by atoms with Gasteiger partial charge in [-0.15, -0.1) is 0 Å². The molecule has 0 aliphatic carbocycles. The monoisotopic (exact) mass is 354 g/mol. The molecule has 7 heteroatoms. The molecule has 2 rings (SSSR count). The van der Waals surface area contributed by atoms with Gasteiger partial charge < -0.3 is 4.74 Å². The normalized spacial score (nSPS) is 12.0. The summed E-state index contributed by atoms with van der Waals surface area (Å²) in [4.78, 5) is 4.03. The molecule has 0 saturated carbocycles. The van der Waals surface area contributed by atoms with Crippen molar-refractivity contribution in [3.05, 3.63) is 47.1 Å². The van der Waals surface area contributed by atoms with Crippen molar-refractivity contribution in [3.8, 4) is 5.75 Å². The second-order valence-electron chi connectivity index (χ2n) is 6.08. The number of ether oxygens (including phenoxy) is 1. The van der Waals surface area contributed by atoms with Crippen LogP contribution in [0.3, 0.4) is 0 Å². The largest absolute Gasteiger partial charge is 0.495 e. The highest BCUT2D eigenvalue weighted by Crippen LogP contribution is 2.31. The molecular weight excluding hydrogens is 336 g/mol. The van der Waals surface area contributed by atoms with Crippen LogP contribution in [0.25, 0.3) is 0 Å². The van der Waals surface area contributed by atoms with Crippen molar-refractivity contribution in [1.29, 1.82) is 0 Å². The fourth-order valence-electron chi connectivity index (χ4n) is 1.98. The molecule has 0 saturated heterocycles. The number of aromatic nitrogens is 1. The Balaban J connectivity index is 2.47. The van der Waals surface area contributed by atoms with Gasteiger partial charge in [-0.1, -0.05) is 38.4 Å². The van der Waals surface area contributed by atoms with Crippen LogP contribution >= 0.6 is 11.6 Å². The van der Waals surface area contributed by atoms with Crippen molar-refractivity contribution in [3.63, 3.8) is 0 Å². The van der Waals surface area contributed by atoms with E-state index in [0.717, 1.165) is 5.56 Å². The molecule has 0 atom stereocenters. The van der Waals surface area contributed by atoms with E-state index < -0.39 is 10.0 Å². The van der Waals surface area contributed by atoms with Gasteiger partial charge in [-0.25, -0.2) is 13.4 Å². The molecule has 1 aromatic heterocycles. The number of hydrogen-bond acceptors (Lipinski definition) is 4. The van der Waals surface area contributed by atoms with Gasteiger partial charge >= 0.3 is 0 Å². The molecule has 2 aromatic rings. The number of halogens is 1. The molecule has 1 heterocycles. The molecular formula is C16H19ClN2O3S. The highest BCUT2D eigenvalue weighted by Gasteiger charge is 2.24. The Morgan fingerprint density at radius 1 is 1.17 bits per heavy atom. The van der Waals surface area contributed by atoms with Crippen LogP contribution in [0.1, 0.15) is 26.3 Å². The number of methoxy groups -OCH3 is 1. The average molecular weight is 355 g/mol. The molecule has 0 unspecified atom stereocenters. The fourth-order valence-corrected chi connectivity index (χ4v) is 3.30. The fraction of sp³-hybridized carbons (Fsp3) is 0.312. The maximum Gasteiger partial charge on any atom is 0.266 e. The van der Waals surface area contributed by atoms with Crippen LogP contribution in [0.5, 0.6) is 5.75 Å². The minimum Gasteiger partial charge on any atom is -0.495 e. The summed E-state index contributed by atoms with van der Waals surface area (Å²) < 4.78 is 33.0. The lowest BCUT2D eigenvalue weighted by atomic mass is 9.87. The molecule has 23 heavy (non-hydrogen) atoms. The summed E-state index contributed by atoms with van der Waals surface area (Å²) >= 11 is 5.76. The van der Waals surface area contributed by atoms with E-state index in [1.165, 1.54) is 19.4 Å². The minimum absolute atomic E-state index is 0.0733. The first-order chi connectivity index (χ1) is 10.6. The maximum absolute atomic E-state index is 12.7. The number of hydrogen-bond donors (Lipinski definition) is 1. The molecule has 0 amide bonds. The molecule has 0 radical (unpaired) electrons. The Bertz CT molecular complexity index is 797. The number of nitrogens with zero attached hydrogens (tertiary/aromatic N) is 1. The van der Waals surface area contributed by atoms with Crippen LogP contribution in [0, 0.1) is 0 Å². The van der Waals surface area contributed by atoms with Gasteiger partial charge in [0.05, 0.1) is 12.1 Å². The van der Waals surface area contributed by atoms with Gasteiger partial charge in [0.2, 0.25) is 0 Å². The zero-order chi connectivity index (χ0) is 17.3. The van der Waals surface area contributed by atoms with Crippen LogP contribution in [0.15, 0.2) is 41.4 Å². The van der Waals surface area contributed by atoms with Crippen LogP contribution in [-0.4, -0.2) is 20.5 Å². The van der Waals surface area contributed by atoms with Gasteiger partial charge in [-0.2, -0.15) is 0 Å². The lowest BCUT2D eigenvalue weighted by molar-refractivity contribution is 0.402. The third-order valence-electron chi connectivity index (χ3n) is 3.29. The second-order valence-corrected chi connectivity index (χ2v) is 8.17. The van der Waals surface area contributed by atoms with Crippen molar-refractivity contribution >= 4 is 27.4 Å². The Morgan fingerprint density at radius 2 is 1.87 bits per heavy atom. The standard InChI is InChI=1S/C16H19ClN2O3S/c1-16(2,3)11-5-7-13(22-4)14(9-11)23(20,21)19-15-8-6-12(17)10-18-15/h5-10H,1-4H3,(H,18,19). The SMILES string of the molecule is COc1ccc(C(C)(C)C)cc1S(=O)(=O)Nc1ccc(Cl)cn1. The predicted molar refractivity (Wildman–Crippen MR) is 91.7 cm³/mol. The summed E-state index contributed by atoms with van der Waals surface area (Å²) in [7, 11) is -2.40. The molecule has 0 aliphatic heterocycles. The lowest BCUT2D eigenvalue weighted by Gasteiger charge is -2.21. The third kappa shape index (κ3) is 4.14. The number of anilines is 1. The van der Waals surface area contributed by atoms with Gasteiger partial charge in [0.1, 0.15) is 16.5 Å². The molecule has 1 aromatic carbocycles. The number of rotatable bonds is 4. The van der Waals surface area contributed by atoms with Gasteiger partial charge in [0, 0.05) is 6.20 Å². The summed E-state index contributed by atoms with van der Waals surface area (Å²) in [6.45, 7) is 6.04. The summed E-state index contributed by atoms with van der Waals surface area (Å²) in [5.74, 6) is 0.470. The number of pyridine rings is 1. The van der Waals surface area contributed by atoms with Crippen LogP contribution < -0.4 is 9.46 Å². The smallest absolute Gasteiger partial charge is 0.266 e. The molecule has 124 valence electrons. The Kier molecular flexibility index (Phi) is 4.87. The predicted octanol–water partition coefficient (Wildman–Crippen LogP) is 3.84. The summed E-state index contributed by atoms with van der Waals surface area (Å²) in [5.41, 5.74) is 0.706. The van der Waals surface area contributed by atoms with Crippen molar-refractivity contribution < 1.29 is 13.2 Å². The van der Waals surface area contributed by atoms with E-state index in [1.807, 2.05) is 26.8 Å². The minimum atomic E-state index is -3.83. The lowest BCUT2D eigenvalue weighted by Crippen LogP contribution is -2.17. The third-order valence-corrected chi connectivity index (χ3v) is 4.88. The summed E-state index contributed by atoms with van der Waals surface area (Å²) in [5, 5.41) is 0.431. The molecule has 0 spiro atoms. The molecule has 1 N–H and O–H groups in total. The highest BCUT2D eigenvalue weighted by molar-refractivity contribution is 7.92. The van der Waals surface area contributed by atoms with Crippen molar-refractivity contribution in [2.45, 2.75) is 31.1 Å². The highest BCUT2D eigenvalue weighted by atomic mass is 35.5. The van der Waals surface area contributed by atoms with Gasteiger partial charge in [-0.3, -0.25) is 4.72 Å². The van der Waals surface area contributed by atoms with E-state index in [2.05, 4.69) is 9.71 Å². The molecule has 0 aliphatic rings. The average Bonchev–Trinajstić information content (AvgIpc) is 2.48.